The van der Waals surface area contributed by atoms with E-state index in [0.717, 1.165) is 44.8 Å². The number of fused-ring (bicyclic) bond motifs is 3. The van der Waals surface area contributed by atoms with E-state index in [1.165, 1.54) is 17.3 Å². The molecule has 0 bridgehead atoms. The van der Waals surface area contributed by atoms with Crippen molar-refractivity contribution < 1.29 is 4.74 Å². The molecule has 1 N–H and O–H groups in total. The van der Waals surface area contributed by atoms with Gasteiger partial charge in [0, 0.05) is 16.2 Å². The van der Waals surface area contributed by atoms with Crippen molar-refractivity contribution >= 4 is 35.0 Å². The molecule has 1 aromatic heterocycles. The Bertz CT molecular complexity index is 1380. The summed E-state index contributed by atoms with van der Waals surface area (Å²) in [5.41, 5.74) is 6.53. The molecule has 4 aromatic rings. The van der Waals surface area contributed by atoms with Crippen LogP contribution in [-0.2, 0) is 0 Å². The average Bonchev–Trinajstić information content (AvgIpc) is 3.26. The summed E-state index contributed by atoms with van der Waals surface area (Å²) >= 11 is 7.74. The highest BCUT2D eigenvalue weighted by atomic mass is 35.5. The minimum absolute atomic E-state index is 0.167. The Morgan fingerprint density at radius 1 is 0.970 bits per heavy atom. The van der Waals surface area contributed by atoms with Gasteiger partial charge in [0.05, 0.1) is 5.70 Å². The van der Waals surface area contributed by atoms with Gasteiger partial charge >= 0.3 is 0 Å². The largest absolute Gasteiger partial charge is 0.480 e. The highest BCUT2D eigenvalue weighted by Gasteiger charge is 2.41. The first kappa shape index (κ1) is 20.4. The van der Waals surface area contributed by atoms with E-state index in [-0.39, 0.29) is 12.1 Å². The molecule has 5 nitrogen and oxygen atoms in total. The first-order valence-corrected chi connectivity index (χ1v) is 12.3. The van der Waals surface area contributed by atoms with Gasteiger partial charge in [0.1, 0.15) is 17.9 Å². The molecule has 0 fully saturated rings. The van der Waals surface area contributed by atoms with Crippen LogP contribution in [0, 0.1) is 6.92 Å². The number of nitrogens with one attached hydrogen (secondary N) is 1. The molecule has 6 rings (SSSR count). The topological polar surface area (TPSA) is 52.0 Å². The zero-order chi connectivity index (χ0) is 22.5. The lowest BCUT2D eigenvalue weighted by Crippen LogP contribution is -2.32. The maximum atomic E-state index is 6.64. The van der Waals surface area contributed by atoms with E-state index < -0.39 is 0 Å². The minimum Gasteiger partial charge on any atom is -0.480 e. The van der Waals surface area contributed by atoms with Gasteiger partial charge in [-0.25, -0.2) is 4.68 Å². The van der Waals surface area contributed by atoms with E-state index in [9.17, 15) is 0 Å². The Hall–Kier alpha value is -3.22. The molecule has 0 amide bonds. The number of thioether (sulfide) groups is 1. The Kier molecular flexibility index (Phi) is 4.93. The molecule has 164 valence electrons. The van der Waals surface area contributed by atoms with Crippen LogP contribution in [0.5, 0.6) is 5.75 Å². The highest BCUT2D eigenvalue weighted by molar-refractivity contribution is 7.98. The minimum atomic E-state index is -0.305. The standard InChI is InChI=1S/C26H21ClN4OS/c1-15-7-9-16(10-8-15)23-21-22(28-25-29-26(33-2)30-31(23)25)19-5-3-4-6-20(19)32-24(21)17-11-13-18(27)14-12-17/h3-14,23-24H,1-2H3,(H,28,29,30)/t23-,24-/m0/s1. The van der Waals surface area contributed by atoms with Gasteiger partial charge in [0.2, 0.25) is 11.1 Å². The van der Waals surface area contributed by atoms with Crippen LogP contribution in [0.15, 0.2) is 83.5 Å². The summed E-state index contributed by atoms with van der Waals surface area (Å²) in [5, 5.41) is 9.84. The fourth-order valence-corrected chi connectivity index (χ4v) is 5.00. The van der Waals surface area contributed by atoms with Crippen LogP contribution in [-0.4, -0.2) is 21.0 Å². The van der Waals surface area contributed by atoms with Crippen LogP contribution in [0.25, 0.3) is 5.70 Å². The molecule has 33 heavy (non-hydrogen) atoms. The van der Waals surface area contributed by atoms with Crippen molar-refractivity contribution in [3.63, 3.8) is 0 Å². The van der Waals surface area contributed by atoms with Crippen molar-refractivity contribution in [1.82, 2.24) is 14.8 Å². The van der Waals surface area contributed by atoms with E-state index in [1.807, 2.05) is 53.4 Å². The first-order valence-electron chi connectivity index (χ1n) is 10.7. The molecule has 0 saturated heterocycles. The number of aromatic nitrogens is 3. The lowest BCUT2D eigenvalue weighted by Gasteiger charge is -2.39. The van der Waals surface area contributed by atoms with Gasteiger partial charge in [-0.05, 0) is 48.6 Å². The number of hydrogen-bond donors (Lipinski definition) is 1. The van der Waals surface area contributed by atoms with Gasteiger partial charge in [-0.3, -0.25) is 0 Å². The number of rotatable bonds is 3. The molecule has 0 saturated carbocycles. The maximum absolute atomic E-state index is 6.64. The van der Waals surface area contributed by atoms with E-state index in [0.29, 0.717) is 5.02 Å². The van der Waals surface area contributed by atoms with Crippen LogP contribution in [0.4, 0.5) is 5.95 Å². The first-order chi connectivity index (χ1) is 16.1. The second-order valence-electron chi connectivity index (χ2n) is 8.18. The van der Waals surface area contributed by atoms with Gasteiger partial charge < -0.3 is 10.1 Å². The van der Waals surface area contributed by atoms with Crippen LogP contribution in [0.2, 0.25) is 5.02 Å². The zero-order valence-electron chi connectivity index (χ0n) is 18.1. The summed E-state index contributed by atoms with van der Waals surface area (Å²) in [5.74, 6) is 1.57. The number of hydrogen-bond acceptors (Lipinski definition) is 5. The lowest BCUT2D eigenvalue weighted by molar-refractivity contribution is 0.223. The van der Waals surface area contributed by atoms with E-state index in [4.69, 9.17) is 26.4 Å². The Labute approximate surface area is 201 Å². The third-order valence-electron chi connectivity index (χ3n) is 6.11. The van der Waals surface area contributed by atoms with Gasteiger partial charge in [-0.2, -0.15) is 4.98 Å². The summed E-state index contributed by atoms with van der Waals surface area (Å²) < 4.78 is 8.62. The molecule has 3 aromatic carbocycles. The fraction of sp³-hybridized carbons (Fsp3) is 0.154. The number of anilines is 1. The second kappa shape index (κ2) is 7.97. The van der Waals surface area contributed by atoms with Crippen molar-refractivity contribution in [3.05, 3.63) is 106 Å². The molecule has 0 radical (unpaired) electrons. The van der Waals surface area contributed by atoms with Gasteiger partial charge in [0.15, 0.2) is 0 Å². The number of halogens is 1. The van der Waals surface area contributed by atoms with Crippen molar-refractivity contribution in [3.8, 4) is 5.75 Å². The zero-order valence-corrected chi connectivity index (χ0v) is 19.7. The van der Waals surface area contributed by atoms with Crippen molar-refractivity contribution in [2.45, 2.75) is 24.2 Å². The van der Waals surface area contributed by atoms with Crippen LogP contribution < -0.4 is 10.1 Å². The Balaban J connectivity index is 1.62. The summed E-state index contributed by atoms with van der Waals surface area (Å²) in [6.07, 6.45) is 1.69. The van der Waals surface area contributed by atoms with Crippen LogP contribution in [0.3, 0.4) is 0 Å². The van der Waals surface area contributed by atoms with Crippen LogP contribution >= 0.6 is 23.4 Å². The monoisotopic (exact) mass is 472 g/mol. The highest BCUT2D eigenvalue weighted by Crippen LogP contribution is 2.50. The predicted octanol–water partition coefficient (Wildman–Crippen LogP) is 6.52. The summed E-state index contributed by atoms with van der Waals surface area (Å²) in [4.78, 5) is 4.75. The number of para-hydroxylation sites is 1. The van der Waals surface area contributed by atoms with Crippen molar-refractivity contribution in [2.24, 2.45) is 0 Å². The van der Waals surface area contributed by atoms with Crippen LogP contribution in [0.1, 0.15) is 34.4 Å². The molecular weight excluding hydrogens is 452 g/mol. The molecule has 7 heteroatoms. The fourth-order valence-electron chi connectivity index (χ4n) is 4.53. The normalized spacial score (nSPS) is 18.6. The molecule has 2 aliphatic heterocycles. The lowest BCUT2D eigenvalue weighted by atomic mass is 9.84. The van der Waals surface area contributed by atoms with E-state index in [2.05, 4.69) is 42.6 Å². The molecule has 0 spiro atoms. The molecule has 2 aliphatic rings. The quantitative estimate of drug-likeness (QED) is 0.344. The molecule has 0 aliphatic carbocycles. The Morgan fingerprint density at radius 2 is 1.70 bits per heavy atom. The smallest absolute Gasteiger partial charge is 0.227 e. The average molecular weight is 473 g/mol. The maximum Gasteiger partial charge on any atom is 0.227 e. The SMILES string of the molecule is CSc1nc2n(n1)[C@@H](c1ccc(C)cc1)C1=C(N2)c2ccccc2O[C@H]1c1ccc(Cl)cc1. The van der Waals surface area contributed by atoms with E-state index in [1.54, 1.807) is 0 Å². The summed E-state index contributed by atoms with van der Waals surface area (Å²) in [6.45, 7) is 2.10. The van der Waals surface area contributed by atoms with Gasteiger partial charge in [0.25, 0.3) is 0 Å². The summed E-state index contributed by atoms with van der Waals surface area (Å²) in [7, 11) is 0. The number of ether oxygens (including phenoxy) is 1. The third-order valence-corrected chi connectivity index (χ3v) is 6.90. The Morgan fingerprint density at radius 3 is 2.45 bits per heavy atom. The molecular formula is C26H21ClN4OS. The van der Waals surface area contributed by atoms with Crippen molar-refractivity contribution in [1.29, 1.82) is 0 Å². The van der Waals surface area contributed by atoms with E-state index >= 15 is 0 Å². The number of benzene rings is 3. The third kappa shape index (κ3) is 3.41. The van der Waals surface area contributed by atoms with Crippen molar-refractivity contribution in [2.75, 3.05) is 11.6 Å². The second-order valence-corrected chi connectivity index (χ2v) is 9.39. The number of nitrogens with zero attached hydrogens (tertiary/aromatic N) is 3. The molecule has 3 heterocycles. The number of aryl methyl sites for hydroxylation is 1. The van der Waals surface area contributed by atoms with Gasteiger partial charge in [-0.1, -0.05) is 77.5 Å². The molecule has 0 unspecified atom stereocenters. The molecule has 2 atom stereocenters. The van der Waals surface area contributed by atoms with Gasteiger partial charge in [-0.15, -0.1) is 5.10 Å². The summed E-state index contributed by atoms with van der Waals surface area (Å²) in [6, 6.07) is 24.4. The predicted molar refractivity (Wildman–Crippen MR) is 133 cm³/mol.